The molecule has 4 aromatic rings. The van der Waals surface area contributed by atoms with Crippen LogP contribution in [0.1, 0.15) is 16.7 Å². The lowest BCUT2D eigenvalue weighted by molar-refractivity contribution is 0.318. The Bertz CT molecular complexity index is 1190. The molecule has 0 aliphatic carbocycles. The summed E-state index contributed by atoms with van der Waals surface area (Å²) in [6.45, 7) is 0. The second kappa shape index (κ2) is 8.53. The molecule has 0 heterocycles. The summed E-state index contributed by atoms with van der Waals surface area (Å²) in [5, 5.41) is 22.3. The number of hydrogen-bond acceptors (Lipinski definition) is 3. The van der Waals surface area contributed by atoms with Gasteiger partial charge in [0.15, 0.2) is 5.84 Å². The van der Waals surface area contributed by atoms with E-state index in [0.717, 1.165) is 28.7 Å². The average molecular weight is 394 g/mol. The van der Waals surface area contributed by atoms with E-state index in [1.165, 1.54) is 11.1 Å². The molecule has 0 amide bonds. The number of nitrogens with two attached hydrogens (primary N) is 1. The highest BCUT2D eigenvalue weighted by Gasteiger charge is 2.13. The number of aromatic hydroxyl groups is 1. The topological polar surface area (TPSA) is 78.8 Å². The van der Waals surface area contributed by atoms with Gasteiger partial charge in [-0.2, -0.15) is 0 Å². The lowest BCUT2D eigenvalue weighted by Gasteiger charge is -2.14. The Kier molecular flexibility index (Phi) is 5.48. The van der Waals surface area contributed by atoms with Crippen molar-refractivity contribution in [3.63, 3.8) is 0 Å². The first kappa shape index (κ1) is 19.3. The van der Waals surface area contributed by atoms with Crippen LogP contribution in [0.3, 0.4) is 0 Å². The van der Waals surface area contributed by atoms with Gasteiger partial charge in [0.1, 0.15) is 5.75 Å². The molecule has 30 heavy (non-hydrogen) atoms. The molecule has 4 N–H and O–H groups in total. The molecule has 0 unspecified atom stereocenters. The van der Waals surface area contributed by atoms with Crippen LogP contribution >= 0.6 is 0 Å². The van der Waals surface area contributed by atoms with Crippen molar-refractivity contribution < 1.29 is 10.3 Å². The third kappa shape index (κ3) is 4.03. The van der Waals surface area contributed by atoms with Crippen molar-refractivity contribution in [1.82, 2.24) is 0 Å². The lowest BCUT2D eigenvalue weighted by atomic mass is 9.90. The fraction of sp³-hybridized carbons (Fsp3) is 0.0385. The zero-order chi connectivity index (χ0) is 20.9. The van der Waals surface area contributed by atoms with Crippen LogP contribution in [0.5, 0.6) is 5.75 Å². The number of phenolic OH excluding ortho intramolecular Hbond substituents is 1. The Balaban J connectivity index is 1.86. The monoisotopic (exact) mass is 394 g/mol. The molecule has 4 rings (SSSR count). The molecule has 4 nitrogen and oxygen atoms in total. The maximum absolute atomic E-state index is 10.1. The fourth-order valence-corrected chi connectivity index (χ4v) is 3.60. The van der Waals surface area contributed by atoms with E-state index in [1.807, 2.05) is 42.5 Å². The molecule has 0 fully saturated rings. The SMILES string of the molecule is N/C(=N\O)c1cc(-c2cc(Cc3ccccc3)ccc2-c2ccccc2)ccc1O. The Labute approximate surface area is 175 Å². The van der Waals surface area contributed by atoms with Gasteiger partial charge in [-0.1, -0.05) is 90.1 Å². The summed E-state index contributed by atoms with van der Waals surface area (Å²) in [6, 6.07) is 32.1. The standard InChI is InChI=1S/C26H22N2O2/c27-26(28-30)24-17-21(12-14-25(24)29)23-16-19(15-18-7-3-1-4-8-18)11-13-22(23)20-9-5-2-6-10-20/h1-14,16-17,29-30H,15H2,(H2,27,28). The van der Waals surface area contributed by atoms with Gasteiger partial charge in [-0.15, -0.1) is 0 Å². The van der Waals surface area contributed by atoms with Gasteiger partial charge in [-0.05, 0) is 51.9 Å². The van der Waals surface area contributed by atoms with E-state index in [4.69, 9.17) is 10.9 Å². The Hall–Kier alpha value is -4.05. The molecule has 0 aliphatic heterocycles. The highest BCUT2D eigenvalue weighted by Crippen LogP contribution is 2.35. The summed E-state index contributed by atoms with van der Waals surface area (Å²) in [5.74, 6) is -0.160. The summed E-state index contributed by atoms with van der Waals surface area (Å²) >= 11 is 0. The Morgan fingerprint density at radius 3 is 2.10 bits per heavy atom. The molecule has 0 spiro atoms. The molecular weight excluding hydrogens is 372 g/mol. The van der Waals surface area contributed by atoms with Crippen molar-refractivity contribution >= 4 is 5.84 Å². The fourth-order valence-electron chi connectivity index (χ4n) is 3.60. The van der Waals surface area contributed by atoms with Crippen LogP contribution in [0.4, 0.5) is 0 Å². The number of phenols is 1. The smallest absolute Gasteiger partial charge is 0.173 e. The molecular formula is C26H22N2O2. The summed E-state index contributed by atoms with van der Waals surface area (Å²) < 4.78 is 0. The molecule has 4 heteroatoms. The van der Waals surface area contributed by atoms with Crippen molar-refractivity contribution in [2.45, 2.75) is 6.42 Å². The van der Waals surface area contributed by atoms with Gasteiger partial charge >= 0.3 is 0 Å². The highest BCUT2D eigenvalue weighted by molar-refractivity contribution is 6.01. The number of nitrogens with zero attached hydrogens (tertiary/aromatic N) is 1. The quantitative estimate of drug-likeness (QED) is 0.183. The van der Waals surface area contributed by atoms with Crippen LogP contribution in [0.25, 0.3) is 22.3 Å². The van der Waals surface area contributed by atoms with Crippen molar-refractivity contribution in [3.05, 3.63) is 114 Å². The molecule has 0 aliphatic rings. The number of benzene rings is 4. The number of hydrogen-bond donors (Lipinski definition) is 3. The maximum atomic E-state index is 10.1. The van der Waals surface area contributed by atoms with Crippen LogP contribution in [-0.4, -0.2) is 16.1 Å². The minimum atomic E-state index is -0.129. The van der Waals surface area contributed by atoms with Crippen LogP contribution < -0.4 is 5.73 Å². The van der Waals surface area contributed by atoms with E-state index in [0.29, 0.717) is 5.56 Å². The molecule has 0 saturated heterocycles. The predicted octanol–water partition coefficient (Wildman–Crippen LogP) is 5.41. The summed E-state index contributed by atoms with van der Waals surface area (Å²) in [5.41, 5.74) is 12.5. The minimum Gasteiger partial charge on any atom is -0.507 e. The van der Waals surface area contributed by atoms with Gasteiger partial charge in [0.25, 0.3) is 0 Å². The van der Waals surface area contributed by atoms with Gasteiger partial charge in [0.2, 0.25) is 0 Å². The molecule has 0 saturated carbocycles. The van der Waals surface area contributed by atoms with E-state index < -0.39 is 0 Å². The average Bonchev–Trinajstić information content (AvgIpc) is 2.80. The van der Waals surface area contributed by atoms with E-state index in [-0.39, 0.29) is 11.6 Å². The summed E-state index contributed by atoms with van der Waals surface area (Å²) in [6.07, 6.45) is 0.814. The van der Waals surface area contributed by atoms with Gasteiger partial charge in [0, 0.05) is 0 Å². The number of amidine groups is 1. The van der Waals surface area contributed by atoms with Crippen molar-refractivity contribution in [2.24, 2.45) is 10.9 Å². The first-order valence-electron chi connectivity index (χ1n) is 9.69. The first-order chi connectivity index (χ1) is 14.7. The summed E-state index contributed by atoms with van der Waals surface area (Å²) in [4.78, 5) is 0. The van der Waals surface area contributed by atoms with E-state index in [1.54, 1.807) is 12.1 Å². The Morgan fingerprint density at radius 1 is 0.700 bits per heavy atom. The van der Waals surface area contributed by atoms with Crippen LogP contribution in [0.2, 0.25) is 0 Å². The zero-order valence-electron chi connectivity index (χ0n) is 16.4. The van der Waals surface area contributed by atoms with E-state index in [2.05, 4.69) is 47.6 Å². The third-order valence-electron chi connectivity index (χ3n) is 5.11. The summed E-state index contributed by atoms with van der Waals surface area (Å²) in [7, 11) is 0. The van der Waals surface area contributed by atoms with Crippen LogP contribution in [-0.2, 0) is 6.42 Å². The van der Waals surface area contributed by atoms with Gasteiger partial charge in [-0.3, -0.25) is 0 Å². The van der Waals surface area contributed by atoms with Gasteiger partial charge in [-0.25, -0.2) is 0 Å². The number of oxime groups is 1. The molecule has 0 bridgehead atoms. The second-order valence-corrected chi connectivity index (χ2v) is 7.13. The maximum Gasteiger partial charge on any atom is 0.173 e. The van der Waals surface area contributed by atoms with E-state index >= 15 is 0 Å². The zero-order valence-corrected chi connectivity index (χ0v) is 16.4. The van der Waals surface area contributed by atoms with Crippen molar-refractivity contribution in [3.8, 4) is 28.0 Å². The van der Waals surface area contributed by atoms with Crippen LogP contribution in [0, 0.1) is 0 Å². The van der Waals surface area contributed by atoms with Gasteiger partial charge in [0.05, 0.1) is 5.56 Å². The largest absolute Gasteiger partial charge is 0.507 e. The molecule has 4 aromatic carbocycles. The lowest BCUT2D eigenvalue weighted by Crippen LogP contribution is -2.13. The number of rotatable bonds is 5. The first-order valence-corrected chi connectivity index (χ1v) is 9.69. The molecule has 0 atom stereocenters. The van der Waals surface area contributed by atoms with E-state index in [9.17, 15) is 5.11 Å². The minimum absolute atomic E-state index is 0.0317. The van der Waals surface area contributed by atoms with Crippen molar-refractivity contribution in [1.29, 1.82) is 0 Å². The molecule has 0 radical (unpaired) electrons. The Morgan fingerprint density at radius 2 is 1.40 bits per heavy atom. The predicted molar refractivity (Wildman–Crippen MR) is 121 cm³/mol. The van der Waals surface area contributed by atoms with Gasteiger partial charge < -0.3 is 16.0 Å². The second-order valence-electron chi connectivity index (χ2n) is 7.13. The van der Waals surface area contributed by atoms with Crippen LogP contribution in [0.15, 0.2) is 102 Å². The van der Waals surface area contributed by atoms with Crippen molar-refractivity contribution in [2.75, 3.05) is 0 Å². The highest BCUT2D eigenvalue weighted by atomic mass is 16.4. The molecule has 0 aromatic heterocycles. The third-order valence-corrected chi connectivity index (χ3v) is 5.11. The normalized spacial score (nSPS) is 11.4. The molecule has 148 valence electrons.